The highest BCUT2D eigenvalue weighted by molar-refractivity contribution is 9.10. The molecule has 0 saturated heterocycles. The van der Waals surface area contributed by atoms with E-state index in [1.54, 1.807) is 18.2 Å². The number of benzene rings is 3. The first kappa shape index (κ1) is 16.2. The van der Waals surface area contributed by atoms with Crippen molar-refractivity contribution in [3.63, 3.8) is 0 Å². The molecule has 0 heterocycles. The van der Waals surface area contributed by atoms with Crippen molar-refractivity contribution in [1.29, 1.82) is 0 Å². The third-order valence-electron chi connectivity index (χ3n) is 3.63. The topological polar surface area (TPSA) is 58.2 Å². The smallest absolute Gasteiger partial charge is 0.269 e. The maximum atomic E-state index is 12.1. The Morgan fingerprint density at radius 3 is 2.46 bits per heavy atom. The predicted octanol–water partition coefficient (Wildman–Crippen LogP) is 3.61. The molecule has 2 amide bonds. The molecule has 0 atom stereocenters. The first-order chi connectivity index (χ1) is 11.6. The standard InChI is InChI=1S/C19H15BrN2O2/c20-16-9-4-8-15(11-16)19(24)22-21-18(23)12-14-7-3-6-13-5-1-2-10-17(13)14/h1-11H,12H2,(H,21,23)(H,22,24). The van der Waals surface area contributed by atoms with Crippen molar-refractivity contribution in [2.24, 2.45) is 0 Å². The minimum atomic E-state index is -0.359. The van der Waals surface area contributed by atoms with Crippen molar-refractivity contribution >= 4 is 38.5 Å². The lowest BCUT2D eigenvalue weighted by atomic mass is 10.0. The van der Waals surface area contributed by atoms with Gasteiger partial charge in [0.15, 0.2) is 0 Å². The van der Waals surface area contributed by atoms with Gasteiger partial charge in [-0.1, -0.05) is 64.5 Å². The number of carbonyl (C=O) groups is 2. The normalized spacial score (nSPS) is 10.4. The highest BCUT2D eigenvalue weighted by Gasteiger charge is 2.09. The van der Waals surface area contributed by atoms with Crippen LogP contribution < -0.4 is 10.9 Å². The minimum absolute atomic E-state index is 0.195. The van der Waals surface area contributed by atoms with Gasteiger partial charge in [0.2, 0.25) is 5.91 Å². The van der Waals surface area contributed by atoms with Gasteiger partial charge in [-0.3, -0.25) is 20.4 Å². The van der Waals surface area contributed by atoms with Crippen molar-refractivity contribution in [3.8, 4) is 0 Å². The average Bonchev–Trinajstić information content (AvgIpc) is 2.60. The number of hydrazine groups is 1. The number of hydrogen-bond donors (Lipinski definition) is 2. The minimum Gasteiger partial charge on any atom is -0.273 e. The van der Waals surface area contributed by atoms with E-state index in [9.17, 15) is 9.59 Å². The fourth-order valence-electron chi connectivity index (χ4n) is 2.49. The quantitative estimate of drug-likeness (QED) is 0.679. The van der Waals surface area contributed by atoms with Crippen LogP contribution in [0.1, 0.15) is 15.9 Å². The number of nitrogens with one attached hydrogen (secondary N) is 2. The second-order valence-electron chi connectivity index (χ2n) is 5.33. The summed E-state index contributed by atoms with van der Waals surface area (Å²) in [4.78, 5) is 24.1. The van der Waals surface area contributed by atoms with Gasteiger partial charge in [-0.25, -0.2) is 0 Å². The third-order valence-corrected chi connectivity index (χ3v) is 4.13. The molecule has 4 nitrogen and oxygen atoms in total. The van der Waals surface area contributed by atoms with Gasteiger partial charge in [0.05, 0.1) is 6.42 Å². The monoisotopic (exact) mass is 382 g/mol. The van der Waals surface area contributed by atoms with Gasteiger partial charge in [-0.05, 0) is 34.5 Å². The van der Waals surface area contributed by atoms with Gasteiger partial charge in [-0.2, -0.15) is 0 Å². The molecule has 0 spiro atoms. The fraction of sp³-hybridized carbons (Fsp3) is 0.0526. The van der Waals surface area contributed by atoms with Crippen LogP contribution in [0.15, 0.2) is 71.2 Å². The summed E-state index contributed by atoms with van der Waals surface area (Å²) in [6.45, 7) is 0. The molecule has 3 aromatic carbocycles. The summed E-state index contributed by atoms with van der Waals surface area (Å²) in [6, 6.07) is 20.7. The van der Waals surface area contributed by atoms with E-state index in [0.717, 1.165) is 20.8 Å². The molecule has 3 rings (SSSR count). The van der Waals surface area contributed by atoms with Crippen molar-refractivity contribution in [2.75, 3.05) is 0 Å². The maximum Gasteiger partial charge on any atom is 0.269 e. The summed E-state index contributed by atoms with van der Waals surface area (Å²) in [5.74, 6) is -0.628. The summed E-state index contributed by atoms with van der Waals surface area (Å²) in [7, 11) is 0. The number of amides is 2. The van der Waals surface area contributed by atoms with Crippen LogP contribution in [-0.2, 0) is 11.2 Å². The highest BCUT2D eigenvalue weighted by Crippen LogP contribution is 2.18. The van der Waals surface area contributed by atoms with E-state index in [0.29, 0.717) is 5.56 Å². The Kier molecular flexibility index (Phi) is 4.91. The van der Waals surface area contributed by atoms with Crippen molar-refractivity contribution in [1.82, 2.24) is 10.9 Å². The van der Waals surface area contributed by atoms with E-state index in [2.05, 4.69) is 26.8 Å². The number of carbonyl (C=O) groups excluding carboxylic acids is 2. The molecule has 0 unspecified atom stereocenters. The predicted molar refractivity (Wildman–Crippen MR) is 97.4 cm³/mol. The average molecular weight is 383 g/mol. The van der Waals surface area contributed by atoms with Crippen molar-refractivity contribution < 1.29 is 9.59 Å². The lowest BCUT2D eigenvalue weighted by molar-refractivity contribution is -0.121. The van der Waals surface area contributed by atoms with Gasteiger partial charge in [0.1, 0.15) is 0 Å². The van der Waals surface area contributed by atoms with Crippen LogP contribution in [0, 0.1) is 0 Å². The molecule has 3 aromatic rings. The fourth-order valence-corrected chi connectivity index (χ4v) is 2.89. The van der Waals surface area contributed by atoms with Gasteiger partial charge in [0, 0.05) is 10.0 Å². The van der Waals surface area contributed by atoms with Crippen molar-refractivity contribution in [2.45, 2.75) is 6.42 Å². The van der Waals surface area contributed by atoms with Crippen LogP contribution >= 0.6 is 15.9 Å². The van der Waals surface area contributed by atoms with E-state index in [1.165, 1.54) is 0 Å². The molecule has 0 radical (unpaired) electrons. The summed E-state index contributed by atoms with van der Waals surface area (Å²) in [6.07, 6.45) is 0.195. The number of halogens is 1. The molecule has 0 bridgehead atoms. The molecule has 0 aliphatic rings. The number of rotatable bonds is 3. The van der Waals surface area contributed by atoms with Crippen molar-refractivity contribution in [3.05, 3.63) is 82.3 Å². The zero-order chi connectivity index (χ0) is 16.9. The van der Waals surface area contributed by atoms with Crippen LogP contribution in [-0.4, -0.2) is 11.8 Å². The summed E-state index contributed by atoms with van der Waals surface area (Å²) in [5, 5.41) is 2.12. The Labute approximate surface area is 148 Å². The van der Waals surface area contributed by atoms with E-state index in [-0.39, 0.29) is 18.2 Å². The molecular weight excluding hydrogens is 368 g/mol. The van der Waals surface area contributed by atoms with Crippen LogP contribution in [0.5, 0.6) is 0 Å². The first-order valence-corrected chi connectivity index (χ1v) is 8.24. The van der Waals surface area contributed by atoms with E-state index in [4.69, 9.17) is 0 Å². The second kappa shape index (κ2) is 7.27. The van der Waals surface area contributed by atoms with Gasteiger partial charge in [-0.15, -0.1) is 0 Å². The third kappa shape index (κ3) is 3.81. The zero-order valence-electron chi connectivity index (χ0n) is 12.8. The molecule has 120 valence electrons. The van der Waals surface area contributed by atoms with Crippen LogP contribution in [0.2, 0.25) is 0 Å². The van der Waals surface area contributed by atoms with Crippen LogP contribution in [0.3, 0.4) is 0 Å². The molecule has 24 heavy (non-hydrogen) atoms. The van der Waals surface area contributed by atoms with Gasteiger partial charge < -0.3 is 0 Å². The zero-order valence-corrected chi connectivity index (χ0v) is 14.3. The first-order valence-electron chi connectivity index (χ1n) is 7.45. The van der Waals surface area contributed by atoms with Gasteiger partial charge in [0.25, 0.3) is 5.91 Å². The Morgan fingerprint density at radius 1 is 0.875 bits per heavy atom. The second-order valence-corrected chi connectivity index (χ2v) is 6.24. The molecule has 5 heteroatoms. The SMILES string of the molecule is O=C(Cc1cccc2ccccc12)NNC(=O)c1cccc(Br)c1. The molecular formula is C19H15BrN2O2. The van der Waals surface area contributed by atoms with E-state index >= 15 is 0 Å². The molecule has 0 aliphatic carbocycles. The Bertz CT molecular complexity index is 903. The lowest BCUT2D eigenvalue weighted by Gasteiger charge is -2.09. The summed E-state index contributed by atoms with van der Waals surface area (Å²) >= 11 is 3.31. The van der Waals surface area contributed by atoms with E-state index in [1.807, 2.05) is 48.5 Å². The summed E-state index contributed by atoms with van der Waals surface area (Å²) in [5.41, 5.74) is 6.28. The Balaban J connectivity index is 1.64. The molecule has 2 N–H and O–H groups in total. The van der Waals surface area contributed by atoms with Crippen LogP contribution in [0.4, 0.5) is 0 Å². The maximum absolute atomic E-state index is 12.1. The number of fused-ring (bicyclic) bond motifs is 1. The van der Waals surface area contributed by atoms with Crippen LogP contribution in [0.25, 0.3) is 10.8 Å². The van der Waals surface area contributed by atoms with E-state index < -0.39 is 0 Å². The molecule has 0 fully saturated rings. The van der Waals surface area contributed by atoms with Gasteiger partial charge >= 0.3 is 0 Å². The molecule has 0 aromatic heterocycles. The summed E-state index contributed by atoms with van der Waals surface area (Å²) < 4.78 is 0.803. The highest BCUT2D eigenvalue weighted by atomic mass is 79.9. The largest absolute Gasteiger partial charge is 0.273 e. The Morgan fingerprint density at radius 2 is 1.62 bits per heavy atom. The lowest BCUT2D eigenvalue weighted by Crippen LogP contribution is -2.42. The Hall–Kier alpha value is -2.66. The molecule has 0 aliphatic heterocycles. The molecule has 0 saturated carbocycles. The number of hydrogen-bond acceptors (Lipinski definition) is 2.